The van der Waals surface area contributed by atoms with Crippen LogP contribution in [0.25, 0.3) is 0 Å². The lowest BCUT2D eigenvalue weighted by Crippen LogP contribution is -2.40. The van der Waals surface area contributed by atoms with Crippen LogP contribution in [0.2, 0.25) is 0 Å². The van der Waals surface area contributed by atoms with Crippen molar-refractivity contribution < 1.29 is 9.84 Å². The van der Waals surface area contributed by atoms with Crippen LogP contribution in [0.15, 0.2) is 24.3 Å². The molecule has 1 fully saturated rings. The minimum atomic E-state index is -0.614. The third-order valence-corrected chi connectivity index (χ3v) is 3.53. The molecular formula is C14H23ClN2O2. The molecule has 1 aliphatic heterocycles. The number of halogens is 1. The van der Waals surface area contributed by atoms with E-state index in [9.17, 15) is 5.11 Å². The van der Waals surface area contributed by atoms with E-state index in [2.05, 4.69) is 4.90 Å². The number of likely N-dealkylation sites (tertiary alicyclic amines) is 1. The third-order valence-electron chi connectivity index (χ3n) is 3.53. The number of benzene rings is 1. The Balaban J connectivity index is 0.00000180. The Labute approximate surface area is 121 Å². The molecule has 2 rings (SSSR count). The average molecular weight is 287 g/mol. The molecule has 2 atom stereocenters. The summed E-state index contributed by atoms with van der Waals surface area (Å²) < 4.78 is 5.10. The van der Waals surface area contributed by atoms with Gasteiger partial charge >= 0.3 is 0 Å². The monoisotopic (exact) mass is 286 g/mol. The van der Waals surface area contributed by atoms with Crippen LogP contribution in [0.4, 0.5) is 0 Å². The highest BCUT2D eigenvalue weighted by molar-refractivity contribution is 5.85. The third kappa shape index (κ3) is 4.35. The van der Waals surface area contributed by atoms with Crippen molar-refractivity contribution in [3.05, 3.63) is 29.8 Å². The summed E-state index contributed by atoms with van der Waals surface area (Å²) in [5.41, 5.74) is 6.93. The Morgan fingerprint density at radius 1 is 1.26 bits per heavy atom. The van der Waals surface area contributed by atoms with E-state index < -0.39 is 6.10 Å². The highest BCUT2D eigenvalue weighted by Crippen LogP contribution is 2.20. The quantitative estimate of drug-likeness (QED) is 0.863. The van der Waals surface area contributed by atoms with Crippen molar-refractivity contribution in [2.45, 2.75) is 25.0 Å². The molecule has 3 N–H and O–H groups in total. The molecule has 0 aromatic heterocycles. The Morgan fingerprint density at radius 2 is 1.84 bits per heavy atom. The van der Waals surface area contributed by atoms with Crippen molar-refractivity contribution in [2.75, 3.05) is 26.7 Å². The Hall–Kier alpha value is -0.810. The molecule has 1 aliphatic rings. The summed E-state index contributed by atoms with van der Waals surface area (Å²) in [6.07, 6.45) is 1.87. The van der Waals surface area contributed by atoms with Gasteiger partial charge in [-0.3, -0.25) is 0 Å². The zero-order valence-corrected chi connectivity index (χ0v) is 12.1. The lowest BCUT2D eigenvalue weighted by molar-refractivity contribution is 0.125. The van der Waals surface area contributed by atoms with E-state index in [-0.39, 0.29) is 18.4 Å². The van der Waals surface area contributed by atoms with Gasteiger partial charge in [-0.1, -0.05) is 12.1 Å². The maximum Gasteiger partial charge on any atom is 0.118 e. The highest BCUT2D eigenvalue weighted by atomic mass is 35.5. The Kier molecular flexibility index (Phi) is 6.58. The van der Waals surface area contributed by atoms with Gasteiger partial charge in [-0.2, -0.15) is 0 Å². The van der Waals surface area contributed by atoms with Crippen molar-refractivity contribution >= 4 is 12.4 Å². The van der Waals surface area contributed by atoms with Crippen molar-refractivity contribution in [3.63, 3.8) is 0 Å². The second-order valence-corrected chi connectivity index (χ2v) is 4.89. The zero-order chi connectivity index (χ0) is 13.0. The lowest BCUT2D eigenvalue weighted by atomic mass is 10.0. The topological polar surface area (TPSA) is 58.7 Å². The number of nitrogens with two attached hydrogens (primary N) is 1. The highest BCUT2D eigenvalue weighted by Gasteiger charge is 2.21. The SMILES string of the molecule is COc1ccc([C@H](O)[C@@H](N)CN2CCCC2)cc1.Cl. The summed E-state index contributed by atoms with van der Waals surface area (Å²) in [5, 5.41) is 10.2. The minimum Gasteiger partial charge on any atom is -0.497 e. The fraction of sp³-hybridized carbons (Fsp3) is 0.571. The van der Waals surface area contributed by atoms with Crippen molar-refractivity contribution in [3.8, 4) is 5.75 Å². The summed E-state index contributed by atoms with van der Waals surface area (Å²) in [5.74, 6) is 0.791. The van der Waals surface area contributed by atoms with Crippen LogP contribution in [0.3, 0.4) is 0 Å². The maximum absolute atomic E-state index is 10.2. The van der Waals surface area contributed by atoms with Crippen molar-refractivity contribution in [1.82, 2.24) is 4.90 Å². The molecule has 0 aliphatic carbocycles. The molecule has 108 valence electrons. The van der Waals surface area contributed by atoms with Crippen LogP contribution in [0.5, 0.6) is 5.75 Å². The predicted molar refractivity (Wildman–Crippen MR) is 78.9 cm³/mol. The van der Waals surface area contributed by atoms with Gasteiger partial charge in [-0.05, 0) is 43.6 Å². The number of ether oxygens (including phenoxy) is 1. The first-order chi connectivity index (χ1) is 8.70. The second-order valence-electron chi connectivity index (χ2n) is 4.89. The first-order valence-corrected chi connectivity index (χ1v) is 6.50. The molecule has 1 heterocycles. The number of hydrogen-bond donors (Lipinski definition) is 2. The predicted octanol–water partition coefficient (Wildman–Crippen LogP) is 1.57. The van der Waals surface area contributed by atoms with Gasteiger partial charge in [0.2, 0.25) is 0 Å². The van der Waals surface area contributed by atoms with E-state index in [4.69, 9.17) is 10.5 Å². The van der Waals surface area contributed by atoms with Gasteiger partial charge < -0.3 is 20.5 Å². The van der Waals surface area contributed by atoms with E-state index in [1.54, 1.807) is 7.11 Å². The molecule has 0 saturated carbocycles. The number of aliphatic hydroxyl groups is 1. The molecule has 1 aromatic rings. The number of aliphatic hydroxyl groups excluding tert-OH is 1. The fourth-order valence-electron chi connectivity index (χ4n) is 2.41. The van der Waals surface area contributed by atoms with Gasteiger partial charge in [-0.25, -0.2) is 0 Å². The molecular weight excluding hydrogens is 264 g/mol. The minimum absolute atomic E-state index is 0. The number of rotatable bonds is 5. The van der Waals surface area contributed by atoms with Crippen LogP contribution in [0, 0.1) is 0 Å². The maximum atomic E-state index is 10.2. The van der Waals surface area contributed by atoms with Crippen LogP contribution >= 0.6 is 12.4 Å². The molecule has 0 unspecified atom stereocenters. The van der Waals surface area contributed by atoms with Gasteiger partial charge in [-0.15, -0.1) is 12.4 Å². The number of methoxy groups -OCH3 is 1. The summed E-state index contributed by atoms with van der Waals surface area (Å²) in [7, 11) is 1.63. The van der Waals surface area contributed by atoms with E-state index in [0.717, 1.165) is 30.9 Å². The smallest absolute Gasteiger partial charge is 0.118 e. The van der Waals surface area contributed by atoms with Gasteiger partial charge in [0.15, 0.2) is 0 Å². The van der Waals surface area contributed by atoms with Crippen molar-refractivity contribution in [2.24, 2.45) is 5.73 Å². The molecule has 0 bridgehead atoms. The van der Waals surface area contributed by atoms with Gasteiger partial charge in [0.1, 0.15) is 5.75 Å². The van der Waals surface area contributed by atoms with Crippen LogP contribution in [-0.2, 0) is 0 Å². The van der Waals surface area contributed by atoms with Gasteiger partial charge in [0, 0.05) is 12.6 Å². The molecule has 0 spiro atoms. The fourth-order valence-corrected chi connectivity index (χ4v) is 2.41. The zero-order valence-electron chi connectivity index (χ0n) is 11.3. The van der Waals surface area contributed by atoms with E-state index in [1.807, 2.05) is 24.3 Å². The van der Waals surface area contributed by atoms with Crippen molar-refractivity contribution in [1.29, 1.82) is 0 Å². The van der Waals surface area contributed by atoms with E-state index in [1.165, 1.54) is 12.8 Å². The molecule has 0 radical (unpaired) electrons. The Morgan fingerprint density at radius 3 is 2.37 bits per heavy atom. The summed E-state index contributed by atoms with van der Waals surface area (Å²) in [6.45, 7) is 2.96. The molecule has 19 heavy (non-hydrogen) atoms. The second kappa shape index (κ2) is 7.70. The van der Waals surface area contributed by atoms with Gasteiger partial charge in [0.05, 0.1) is 13.2 Å². The summed E-state index contributed by atoms with van der Waals surface area (Å²) in [6, 6.07) is 7.19. The Bertz CT molecular complexity index is 366. The molecule has 4 nitrogen and oxygen atoms in total. The normalized spacial score (nSPS) is 18.7. The van der Waals surface area contributed by atoms with Gasteiger partial charge in [0.25, 0.3) is 0 Å². The first kappa shape index (κ1) is 16.2. The summed E-state index contributed by atoms with van der Waals surface area (Å²) in [4.78, 5) is 2.32. The van der Waals surface area contributed by atoms with E-state index in [0.29, 0.717) is 0 Å². The number of nitrogens with zero attached hydrogens (tertiary/aromatic N) is 1. The van der Waals surface area contributed by atoms with E-state index >= 15 is 0 Å². The standard InChI is InChI=1S/C14H22N2O2.ClH/c1-18-12-6-4-11(5-7-12)14(17)13(15)10-16-8-2-3-9-16;/h4-7,13-14,17H,2-3,8-10,15H2,1H3;1H/t13-,14-;/m0./s1. The molecule has 5 heteroatoms. The van der Waals surface area contributed by atoms with Crippen LogP contribution in [-0.4, -0.2) is 42.8 Å². The average Bonchev–Trinajstić information content (AvgIpc) is 2.91. The van der Waals surface area contributed by atoms with Crippen LogP contribution < -0.4 is 10.5 Å². The molecule has 1 saturated heterocycles. The molecule has 1 aromatic carbocycles. The summed E-state index contributed by atoms with van der Waals surface area (Å²) >= 11 is 0. The first-order valence-electron chi connectivity index (χ1n) is 6.50. The largest absolute Gasteiger partial charge is 0.497 e. The van der Waals surface area contributed by atoms with Crippen LogP contribution in [0.1, 0.15) is 24.5 Å². The lowest BCUT2D eigenvalue weighted by Gasteiger charge is -2.24. The number of hydrogen-bond acceptors (Lipinski definition) is 4. The molecule has 0 amide bonds.